The molecule has 3 heterocycles. The van der Waals surface area contributed by atoms with E-state index in [1.165, 1.54) is 5.69 Å². The van der Waals surface area contributed by atoms with E-state index < -0.39 is 0 Å². The van der Waals surface area contributed by atoms with Gasteiger partial charge in [0.2, 0.25) is 0 Å². The highest BCUT2D eigenvalue weighted by Crippen LogP contribution is 2.30. The van der Waals surface area contributed by atoms with E-state index in [1.807, 2.05) is 12.3 Å². The number of anilines is 1. The average molecular weight is 333 g/mol. The van der Waals surface area contributed by atoms with Gasteiger partial charge in [-0.1, -0.05) is 12.1 Å². The Kier molecular flexibility index (Phi) is 4.00. The number of fused-ring (bicyclic) bond motifs is 1. The number of hydrogen-bond donors (Lipinski definition) is 1. The molecule has 1 aliphatic rings. The van der Waals surface area contributed by atoms with E-state index in [0.29, 0.717) is 16.8 Å². The highest BCUT2D eigenvalue weighted by atomic mass is 16.5. The second kappa shape index (κ2) is 6.46. The second-order valence-electron chi connectivity index (χ2n) is 6.04. The number of ether oxygens (including phenoxy) is 1. The maximum absolute atomic E-state index is 9.22. The molecule has 4 rings (SSSR count). The third-order valence-electron chi connectivity index (χ3n) is 4.60. The van der Waals surface area contributed by atoms with E-state index in [0.717, 1.165) is 37.3 Å². The van der Waals surface area contributed by atoms with Gasteiger partial charge in [-0.15, -0.1) is 0 Å². The minimum atomic E-state index is 0.512. The van der Waals surface area contributed by atoms with Crippen molar-refractivity contribution in [2.24, 2.45) is 0 Å². The van der Waals surface area contributed by atoms with Gasteiger partial charge in [-0.25, -0.2) is 4.52 Å². The molecule has 126 valence electrons. The lowest BCUT2D eigenvalue weighted by molar-refractivity contribution is 0.417. The van der Waals surface area contributed by atoms with Gasteiger partial charge in [-0.2, -0.15) is 10.4 Å². The number of benzene rings is 1. The molecule has 25 heavy (non-hydrogen) atoms. The summed E-state index contributed by atoms with van der Waals surface area (Å²) in [4.78, 5) is 2.39. The van der Waals surface area contributed by atoms with Crippen molar-refractivity contribution in [3.8, 4) is 22.9 Å². The largest absolute Gasteiger partial charge is 0.494 e. The molecule has 1 aromatic carbocycles. The molecule has 0 spiro atoms. The topological polar surface area (TPSA) is 65.6 Å². The van der Waals surface area contributed by atoms with Crippen molar-refractivity contribution >= 4 is 11.2 Å². The molecule has 6 nitrogen and oxygen atoms in total. The first-order valence-electron chi connectivity index (χ1n) is 8.32. The van der Waals surface area contributed by atoms with Crippen molar-refractivity contribution in [3.05, 3.63) is 48.3 Å². The van der Waals surface area contributed by atoms with Crippen molar-refractivity contribution in [3.63, 3.8) is 0 Å². The zero-order valence-electron chi connectivity index (χ0n) is 14.1. The zero-order valence-corrected chi connectivity index (χ0v) is 14.1. The van der Waals surface area contributed by atoms with Gasteiger partial charge in [0.1, 0.15) is 22.9 Å². The number of aromatic nitrogens is 2. The monoisotopic (exact) mass is 333 g/mol. The number of nitriles is 1. The standard InChI is InChI=1S/C19H19N5O/c1-25-18-10-15(13-24-19(18)16(11-20)12-22-24)14-2-4-17(5-3-14)23-8-6-21-7-9-23/h2-5,10,12-13,21H,6-9H2,1H3. The van der Waals surface area contributed by atoms with E-state index in [9.17, 15) is 5.26 Å². The van der Waals surface area contributed by atoms with Crippen LogP contribution < -0.4 is 15.0 Å². The summed E-state index contributed by atoms with van der Waals surface area (Å²) in [5.41, 5.74) is 4.55. The van der Waals surface area contributed by atoms with Gasteiger partial charge in [0.15, 0.2) is 0 Å². The Morgan fingerprint density at radius 1 is 1.16 bits per heavy atom. The molecule has 0 unspecified atom stereocenters. The van der Waals surface area contributed by atoms with Gasteiger partial charge in [0.25, 0.3) is 0 Å². The molecular formula is C19H19N5O. The van der Waals surface area contributed by atoms with Gasteiger partial charge < -0.3 is 15.0 Å². The number of piperazine rings is 1. The van der Waals surface area contributed by atoms with E-state index in [4.69, 9.17) is 4.74 Å². The van der Waals surface area contributed by atoms with Crippen LogP contribution in [0.15, 0.2) is 42.7 Å². The molecule has 0 atom stereocenters. The van der Waals surface area contributed by atoms with Crippen LogP contribution in [0.2, 0.25) is 0 Å². The Hall–Kier alpha value is -3.04. The molecule has 1 saturated heterocycles. The Morgan fingerprint density at radius 3 is 2.60 bits per heavy atom. The lowest BCUT2D eigenvalue weighted by Crippen LogP contribution is -2.43. The summed E-state index contributed by atoms with van der Waals surface area (Å²) in [5, 5.41) is 16.9. The summed E-state index contributed by atoms with van der Waals surface area (Å²) in [6.45, 7) is 4.11. The number of nitrogens with one attached hydrogen (secondary N) is 1. The summed E-state index contributed by atoms with van der Waals surface area (Å²) in [6.07, 6.45) is 3.49. The van der Waals surface area contributed by atoms with Crippen molar-refractivity contribution < 1.29 is 4.74 Å². The lowest BCUT2D eigenvalue weighted by Gasteiger charge is -2.29. The van der Waals surface area contributed by atoms with E-state index in [2.05, 4.69) is 45.7 Å². The summed E-state index contributed by atoms with van der Waals surface area (Å²) < 4.78 is 7.19. The van der Waals surface area contributed by atoms with Gasteiger partial charge in [0, 0.05) is 43.6 Å². The maximum atomic E-state index is 9.22. The zero-order chi connectivity index (χ0) is 17.2. The molecule has 1 aliphatic heterocycles. The normalized spacial score (nSPS) is 14.5. The molecule has 1 fully saturated rings. The first-order chi connectivity index (χ1) is 12.3. The Balaban J connectivity index is 1.70. The minimum absolute atomic E-state index is 0.512. The lowest BCUT2D eigenvalue weighted by atomic mass is 10.1. The van der Waals surface area contributed by atoms with E-state index >= 15 is 0 Å². The third kappa shape index (κ3) is 2.79. The quantitative estimate of drug-likeness (QED) is 0.797. The first-order valence-corrected chi connectivity index (χ1v) is 8.32. The number of pyridine rings is 1. The van der Waals surface area contributed by atoms with Crippen LogP contribution in [-0.4, -0.2) is 42.9 Å². The molecule has 1 N–H and O–H groups in total. The van der Waals surface area contributed by atoms with Gasteiger partial charge in [-0.3, -0.25) is 0 Å². The van der Waals surface area contributed by atoms with E-state index in [1.54, 1.807) is 17.8 Å². The highest BCUT2D eigenvalue weighted by Gasteiger charge is 2.13. The van der Waals surface area contributed by atoms with Gasteiger partial charge in [0.05, 0.1) is 13.3 Å². The van der Waals surface area contributed by atoms with Crippen LogP contribution in [0.25, 0.3) is 16.6 Å². The number of methoxy groups -OCH3 is 1. The van der Waals surface area contributed by atoms with Gasteiger partial charge in [-0.05, 0) is 23.8 Å². The molecule has 0 saturated carbocycles. The fourth-order valence-electron chi connectivity index (χ4n) is 3.27. The highest BCUT2D eigenvalue weighted by molar-refractivity contribution is 5.76. The predicted molar refractivity (Wildman–Crippen MR) is 97.0 cm³/mol. The first kappa shape index (κ1) is 15.5. The fraction of sp³-hybridized carbons (Fsp3) is 0.263. The van der Waals surface area contributed by atoms with Crippen LogP contribution in [0.1, 0.15) is 5.56 Å². The van der Waals surface area contributed by atoms with Crippen molar-refractivity contribution in [2.75, 3.05) is 38.2 Å². The Bertz CT molecular complexity index is 933. The smallest absolute Gasteiger partial charge is 0.146 e. The van der Waals surface area contributed by atoms with Crippen LogP contribution in [-0.2, 0) is 0 Å². The second-order valence-corrected chi connectivity index (χ2v) is 6.04. The van der Waals surface area contributed by atoms with Crippen LogP contribution in [0, 0.1) is 11.3 Å². The molecule has 0 bridgehead atoms. The number of rotatable bonds is 3. The van der Waals surface area contributed by atoms with Crippen molar-refractivity contribution in [1.29, 1.82) is 5.26 Å². The SMILES string of the molecule is COc1cc(-c2ccc(N3CCNCC3)cc2)cn2ncc(C#N)c12. The molecule has 0 radical (unpaired) electrons. The molecule has 0 amide bonds. The molecule has 0 aliphatic carbocycles. The predicted octanol–water partition coefficient (Wildman–Crippen LogP) is 2.29. The summed E-state index contributed by atoms with van der Waals surface area (Å²) in [6, 6.07) is 12.7. The molecule has 3 aromatic rings. The molecule has 6 heteroatoms. The van der Waals surface area contributed by atoms with Crippen LogP contribution in [0.5, 0.6) is 5.75 Å². The van der Waals surface area contributed by atoms with Crippen LogP contribution in [0.3, 0.4) is 0 Å². The maximum Gasteiger partial charge on any atom is 0.146 e. The fourth-order valence-corrected chi connectivity index (χ4v) is 3.27. The van der Waals surface area contributed by atoms with Crippen molar-refractivity contribution in [2.45, 2.75) is 0 Å². The number of hydrogen-bond acceptors (Lipinski definition) is 5. The molecular weight excluding hydrogens is 314 g/mol. The summed E-state index contributed by atoms with van der Waals surface area (Å²) >= 11 is 0. The van der Waals surface area contributed by atoms with Crippen LogP contribution in [0.4, 0.5) is 5.69 Å². The summed E-state index contributed by atoms with van der Waals surface area (Å²) in [7, 11) is 1.61. The van der Waals surface area contributed by atoms with Crippen molar-refractivity contribution in [1.82, 2.24) is 14.9 Å². The number of nitrogens with zero attached hydrogens (tertiary/aromatic N) is 4. The summed E-state index contributed by atoms with van der Waals surface area (Å²) in [5.74, 6) is 0.651. The third-order valence-corrected chi connectivity index (χ3v) is 4.60. The minimum Gasteiger partial charge on any atom is -0.494 e. The Labute approximate surface area is 146 Å². The average Bonchev–Trinajstić information content (AvgIpc) is 3.11. The Morgan fingerprint density at radius 2 is 1.92 bits per heavy atom. The van der Waals surface area contributed by atoms with E-state index in [-0.39, 0.29) is 0 Å². The van der Waals surface area contributed by atoms with Crippen LogP contribution >= 0.6 is 0 Å². The molecule has 2 aromatic heterocycles. The van der Waals surface area contributed by atoms with Gasteiger partial charge >= 0.3 is 0 Å².